The van der Waals surface area contributed by atoms with Gasteiger partial charge in [-0.1, -0.05) is 31.1 Å². The Hall–Kier alpha value is -1.78. The van der Waals surface area contributed by atoms with Gasteiger partial charge in [0.2, 0.25) is 0 Å². The van der Waals surface area contributed by atoms with Crippen LogP contribution in [-0.2, 0) is 30.6 Å². The zero-order chi connectivity index (χ0) is 25.7. The number of methoxy groups -OCH3 is 1. The normalized spacial score (nSPS) is 18.7. The molecule has 0 amide bonds. The van der Waals surface area contributed by atoms with Gasteiger partial charge < -0.3 is 14.4 Å². The second kappa shape index (κ2) is 15.4. The number of hydrogen-bond acceptors (Lipinski definition) is 7. The highest BCUT2D eigenvalue weighted by atomic mass is 32.2. The summed E-state index contributed by atoms with van der Waals surface area (Å²) in [4.78, 5) is 13.8. The lowest BCUT2D eigenvalue weighted by Crippen LogP contribution is -2.41. The largest absolute Gasteiger partial charge is 0.465 e. The average molecular weight is 511 g/mol. The third-order valence-electron chi connectivity index (χ3n) is 6.49. The van der Waals surface area contributed by atoms with Gasteiger partial charge in [0.15, 0.2) is 0 Å². The second-order valence-corrected chi connectivity index (χ2v) is 10.9. The number of nitrogens with zero attached hydrogens (tertiary/aromatic N) is 2. The lowest BCUT2D eigenvalue weighted by molar-refractivity contribution is 0.0147. The number of carbonyl (C=O) groups is 1. The maximum Gasteiger partial charge on any atom is 0.338 e. The molecule has 198 valence electrons. The molecule has 9 heteroatoms. The molecule has 0 saturated heterocycles. The highest BCUT2D eigenvalue weighted by molar-refractivity contribution is 7.84. The number of rotatable bonds is 16. The van der Waals surface area contributed by atoms with Crippen molar-refractivity contribution >= 4 is 16.3 Å². The fraction of sp³-hybridized carbons (Fsp3) is 0.654. The third kappa shape index (κ3) is 10.4. The molecule has 2 rings (SSSR count). The Balaban J connectivity index is 1.64. The molecule has 0 unspecified atom stereocenters. The molecule has 0 aliphatic heterocycles. The molecule has 0 spiro atoms. The van der Waals surface area contributed by atoms with Crippen molar-refractivity contribution in [3.05, 3.63) is 48.0 Å². The fourth-order valence-corrected chi connectivity index (χ4v) is 5.26. The maximum absolute atomic E-state index is 12.7. The summed E-state index contributed by atoms with van der Waals surface area (Å²) in [5.74, 6) is -0.438. The van der Waals surface area contributed by atoms with Gasteiger partial charge >= 0.3 is 16.3 Å². The molecule has 8 nitrogen and oxygen atoms in total. The van der Waals surface area contributed by atoms with E-state index in [1.54, 1.807) is 31.3 Å². The van der Waals surface area contributed by atoms with Crippen molar-refractivity contribution in [3.63, 3.8) is 0 Å². The molecule has 0 bridgehead atoms. The Morgan fingerprint density at radius 2 is 1.71 bits per heavy atom. The first-order valence-electron chi connectivity index (χ1n) is 12.5. The number of likely N-dealkylation sites (N-methyl/N-ethyl adjacent to an activating group) is 1. The molecule has 0 N–H and O–H groups in total. The fourth-order valence-electron chi connectivity index (χ4n) is 4.24. The number of benzene rings is 1. The van der Waals surface area contributed by atoms with E-state index >= 15 is 0 Å². The quantitative estimate of drug-likeness (QED) is 0.187. The second-order valence-electron chi connectivity index (χ2n) is 9.19. The first-order valence-corrected chi connectivity index (χ1v) is 13.8. The molecule has 0 radical (unpaired) electrons. The summed E-state index contributed by atoms with van der Waals surface area (Å²) in [6.07, 6.45) is 9.98. The molecule has 35 heavy (non-hydrogen) atoms. The third-order valence-corrected chi connectivity index (χ3v) is 7.91. The first-order chi connectivity index (χ1) is 16.8. The van der Waals surface area contributed by atoms with E-state index < -0.39 is 16.3 Å². The van der Waals surface area contributed by atoms with E-state index in [2.05, 4.69) is 23.3 Å². The van der Waals surface area contributed by atoms with Crippen LogP contribution in [0.15, 0.2) is 36.9 Å². The summed E-state index contributed by atoms with van der Waals surface area (Å²) in [6.45, 7) is 6.47. The molecular weight excluding hydrogens is 468 g/mol. The topological polar surface area (TPSA) is 85.4 Å². The van der Waals surface area contributed by atoms with Gasteiger partial charge in [0, 0.05) is 26.2 Å². The van der Waals surface area contributed by atoms with Crippen LogP contribution in [0.1, 0.15) is 67.3 Å². The average Bonchev–Trinajstić information content (AvgIpc) is 2.87. The SMILES string of the molecule is C=CCN(C)CCCCCCOC1CCC(N(C)S(=O)(=O)OCc2ccc(C(=O)OC)cc2)CC1. The highest BCUT2D eigenvalue weighted by Crippen LogP contribution is 2.27. The van der Waals surface area contributed by atoms with Gasteiger partial charge in [-0.25, -0.2) is 4.79 Å². The monoisotopic (exact) mass is 510 g/mol. The lowest BCUT2D eigenvalue weighted by Gasteiger charge is -2.33. The Kier molecular flexibility index (Phi) is 12.9. The van der Waals surface area contributed by atoms with Crippen LogP contribution in [0.5, 0.6) is 0 Å². The smallest absolute Gasteiger partial charge is 0.338 e. The maximum atomic E-state index is 12.7. The summed E-state index contributed by atoms with van der Waals surface area (Å²) in [5, 5.41) is 0. The summed E-state index contributed by atoms with van der Waals surface area (Å²) in [5.41, 5.74) is 1.07. The summed E-state index contributed by atoms with van der Waals surface area (Å²) < 4.78 is 42.7. The summed E-state index contributed by atoms with van der Waals surface area (Å²) in [6, 6.07) is 6.40. The van der Waals surface area contributed by atoms with Crippen LogP contribution in [0, 0.1) is 0 Å². The minimum atomic E-state index is -3.85. The van der Waals surface area contributed by atoms with Gasteiger partial charge in [-0.2, -0.15) is 12.7 Å². The lowest BCUT2D eigenvalue weighted by atomic mass is 9.93. The first kappa shape index (κ1) is 29.5. The number of unbranched alkanes of at least 4 members (excludes halogenated alkanes) is 3. The minimum absolute atomic E-state index is 0.0862. The van der Waals surface area contributed by atoms with Crippen LogP contribution in [0.3, 0.4) is 0 Å². The van der Waals surface area contributed by atoms with Crippen molar-refractivity contribution in [2.75, 3.05) is 40.9 Å². The molecule has 1 fully saturated rings. The van der Waals surface area contributed by atoms with Gasteiger partial charge in [-0.15, -0.1) is 6.58 Å². The van der Waals surface area contributed by atoms with Crippen LogP contribution in [0.4, 0.5) is 0 Å². The van der Waals surface area contributed by atoms with Crippen LogP contribution in [-0.4, -0.2) is 76.6 Å². The van der Waals surface area contributed by atoms with E-state index in [9.17, 15) is 13.2 Å². The van der Waals surface area contributed by atoms with Gasteiger partial charge in [-0.05, 0) is 69.8 Å². The zero-order valence-electron chi connectivity index (χ0n) is 21.5. The van der Waals surface area contributed by atoms with Gasteiger partial charge in [0.1, 0.15) is 0 Å². The molecule has 0 aromatic heterocycles. The Labute approximate surface area is 211 Å². The summed E-state index contributed by atoms with van der Waals surface area (Å²) in [7, 11) is 1.15. The molecule has 1 aliphatic rings. The van der Waals surface area contributed by atoms with E-state index in [1.165, 1.54) is 30.7 Å². The molecule has 0 heterocycles. The van der Waals surface area contributed by atoms with E-state index in [0.29, 0.717) is 11.1 Å². The van der Waals surface area contributed by atoms with Crippen molar-refractivity contribution in [2.45, 2.75) is 70.1 Å². The van der Waals surface area contributed by atoms with Gasteiger partial charge in [0.05, 0.1) is 25.4 Å². The van der Waals surface area contributed by atoms with Gasteiger partial charge in [-0.3, -0.25) is 4.18 Å². The predicted octanol–water partition coefficient (Wildman–Crippen LogP) is 4.17. The standard InChI is InChI=1S/C26H42N2O6S/c1-5-18-27(2)19-8-6-7-9-20-33-25-16-14-24(15-17-25)28(3)35(30,31)34-21-22-10-12-23(13-11-22)26(29)32-4/h5,10-13,24-25H,1,6-9,14-21H2,2-4H3. The Morgan fingerprint density at radius 3 is 2.34 bits per heavy atom. The molecular formula is C26H42N2O6S. The van der Waals surface area contributed by atoms with Crippen molar-refractivity contribution in [2.24, 2.45) is 0 Å². The highest BCUT2D eigenvalue weighted by Gasteiger charge is 2.31. The van der Waals surface area contributed by atoms with Crippen molar-refractivity contribution in [1.29, 1.82) is 0 Å². The Bertz CT molecular complexity index is 866. The number of carbonyl (C=O) groups excluding carboxylic acids is 1. The Morgan fingerprint density at radius 1 is 1.06 bits per heavy atom. The number of hydrogen-bond donors (Lipinski definition) is 0. The predicted molar refractivity (Wildman–Crippen MR) is 137 cm³/mol. The molecule has 1 saturated carbocycles. The van der Waals surface area contributed by atoms with Crippen LogP contribution in [0.25, 0.3) is 0 Å². The van der Waals surface area contributed by atoms with E-state index in [-0.39, 0.29) is 18.8 Å². The number of esters is 1. The van der Waals surface area contributed by atoms with E-state index in [0.717, 1.165) is 51.8 Å². The molecule has 1 aromatic rings. The van der Waals surface area contributed by atoms with Crippen LogP contribution >= 0.6 is 0 Å². The number of ether oxygens (including phenoxy) is 2. The minimum Gasteiger partial charge on any atom is -0.465 e. The van der Waals surface area contributed by atoms with Crippen molar-refractivity contribution in [3.8, 4) is 0 Å². The van der Waals surface area contributed by atoms with Crippen molar-refractivity contribution < 1.29 is 26.9 Å². The van der Waals surface area contributed by atoms with Crippen LogP contribution in [0.2, 0.25) is 0 Å². The van der Waals surface area contributed by atoms with Crippen molar-refractivity contribution in [1.82, 2.24) is 9.21 Å². The summed E-state index contributed by atoms with van der Waals surface area (Å²) >= 11 is 0. The van der Waals surface area contributed by atoms with Crippen LogP contribution < -0.4 is 0 Å². The molecule has 0 atom stereocenters. The molecule has 1 aromatic carbocycles. The van der Waals surface area contributed by atoms with Gasteiger partial charge in [0.25, 0.3) is 0 Å². The zero-order valence-corrected chi connectivity index (χ0v) is 22.3. The van der Waals surface area contributed by atoms with E-state index in [1.807, 2.05) is 6.08 Å². The van der Waals surface area contributed by atoms with E-state index in [4.69, 9.17) is 8.92 Å². The molecule has 1 aliphatic carbocycles.